The molecule has 86 valence electrons. The van der Waals surface area contributed by atoms with Gasteiger partial charge in [-0.15, -0.1) is 12.4 Å². The van der Waals surface area contributed by atoms with Crippen molar-refractivity contribution in [1.29, 1.82) is 0 Å². The molecule has 0 atom stereocenters. The fourth-order valence-corrected chi connectivity index (χ4v) is 2.20. The molecule has 3 heterocycles. The Hall–Kier alpha value is -1.00. The Balaban J connectivity index is 0.000000963. The number of nitrogens with one attached hydrogen (secondary N) is 1. The van der Waals surface area contributed by atoms with E-state index in [0.29, 0.717) is 5.15 Å². The molecule has 1 fully saturated rings. The van der Waals surface area contributed by atoms with Gasteiger partial charge in [-0.1, -0.05) is 11.6 Å². The van der Waals surface area contributed by atoms with Gasteiger partial charge < -0.3 is 4.90 Å². The number of aromatic nitrogens is 3. The third-order valence-electron chi connectivity index (χ3n) is 2.80. The number of H-pyrrole nitrogens is 1. The van der Waals surface area contributed by atoms with E-state index in [0.717, 1.165) is 29.8 Å². The zero-order chi connectivity index (χ0) is 10.3. The van der Waals surface area contributed by atoms with E-state index in [2.05, 4.69) is 20.1 Å². The minimum Gasteiger partial charge on any atom is -0.355 e. The summed E-state index contributed by atoms with van der Waals surface area (Å²) in [4.78, 5) is 6.38. The van der Waals surface area contributed by atoms with E-state index in [9.17, 15) is 0 Å². The highest BCUT2D eigenvalue weighted by molar-refractivity contribution is 6.30. The Labute approximate surface area is 104 Å². The predicted molar refractivity (Wildman–Crippen MR) is 67.6 cm³/mol. The predicted octanol–water partition coefficient (Wildman–Crippen LogP) is 2.63. The molecule has 1 saturated heterocycles. The molecule has 6 heteroatoms. The highest BCUT2D eigenvalue weighted by atomic mass is 35.5. The molecule has 0 bridgehead atoms. The van der Waals surface area contributed by atoms with Gasteiger partial charge in [0.05, 0.1) is 10.9 Å². The Morgan fingerprint density at radius 2 is 2.06 bits per heavy atom. The standard InChI is InChI=1S/C10H11ClN4.ClH/c11-9-5-8-7(6-12-9)10(14-13-8)15-3-1-2-4-15;/h5-6H,1-4H2,(H,13,14);1H. The number of hydrogen-bond donors (Lipinski definition) is 1. The van der Waals surface area contributed by atoms with Crippen molar-refractivity contribution in [3.63, 3.8) is 0 Å². The summed E-state index contributed by atoms with van der Waals surface area (Å²) in [6, 6.07) is 1.81. The quantitative estimate of drug-likeness (QED) is 0.801. The first kappa shape index (κ1) is 11.5. The summed E-state index contributed by atoms with van der Waals surface area (Å²) < 4.78 is 0. The number of fused-ring (bicyclic) bond motifs is 1. The highest BCUT2D eigenvalue weighted by Gasteiger charge is 2.17. The van der Waals surface area contributed by atoms with Crippen molar-refractivity contribution < 1.29 is 0 Å². The molecule has 0 aliphatic carbocycles. The summed E-state index contributed by atoms with van der Waals surface area (Å²) >= 11 is 5.82. The van der Waals surface area contributed by atoms with E-state index in [4.69, 9.17) is 11.6 Å². The van der Waals surface area contributed by atoms with Crippen molar-refractivity contribution in [1.82, 2.24) is 15.2 Å². The van der Waals surface area contributed by atoms with Crippen LogP contribution in [0.25, 0.3) is 10.9 Å². The molecule has 0 aromatic carbocycles. The normalized spacial score (nSPS) is 15.4. The van der Waals surface area contributed by atoms with Crippen LogP contribution in [0.5, 0.6) is 0 Å². The van der Waals surface area contributed by atoms with Gasteiger partial charge in [0.25, 0.3) is 0 Å². The van der Waals surface area contributed by atoms with Gasteiger partial charge >= 0.3 is 0 Å². The van der Waals surface area contributed by atoms with Gasteiger partial charge in [0.1, 0.15) is 5.15 Å². The second-order valence-corrected chi connectivity index (χ2v) is 4.18. The second-order valence-electron chi connectivity index (χ2n) is 3.79. The number of halogens is 2. The summed E-state index contributed by atoms with van der Waals surface area (Å²) in [6.45, 7) is 2.17. The van der Waals surface area contributed by atoms with Crippen molar-refractivity contribution in [3.05, 3.63) is 17.4 Å². The summed E-state index contributed by atoms with van der Waals surface area (Å²) in [5.41, 5.74) is 0.955. The van der Waals surface area contributed by atoms with E-state index in [1.54, 1.807) is 6.20 Å². The lowest BCUT2D eigenvalue weighted by atomic mass is 10.3. The van der Waals surface area contributed by atoms with Crippen molar-refractivity contribution in [2.45, 2.75) is 12.8 Å². The van der Waals surface area contributed by atoms with Gasteiger partial charge in [-0.25, -0.2) is 4.98 Å². The van der Waals surface area contributed by atoms with Crippen molar-refractivity contribution in [2.24, 2.45) is 0 Å². The number of rotatable bonds is 1. The maximum absolute atomic E-state index is 5.82. The maximum Gasteiger partial charge on any atom is 0.159 e. The number of pyridine rings is 1. The maximum atomic E-state index is 5.82. The minimum absolute atomic E-state index is 0. The topological polar surface area (TPSA) is 44.8 Å². The minimum atomic E-state index is 0. The summed E-state index contributed by atoms with van der Waals surface area (Å²) in [7, 11) is 0. The SMILES string of the molecule is Cl.Clc1cc2[nH]nc(N3CCCC3)c2cn1. The first-order chi connectivity index (χ1) is 7.34. The van der Waals surface area contributed by atoms with Crippen LogP contribution in [0.2, 0.25) is 5.15 Å². The number of hydrogen-bond acceptors (Lipinski definition) is 3. The van der Waals surface area contributed by atoms with Crippen LogP contribution in [-0.2, 0) is 0 Å². The lowest BCUT2D eigenvalue weighted by Gasteiger charge is -2.13. The second kappa shape index (κ2) is 4.47. The third kappa shape index (κ3) is 1.83. The van der Waals surface area contributed by atoms with Gasteiger partial charge in [0.2, 0.25) is 0 Å². The highest BCUT2D eigenvalue weighted by Crippen LogP contribution is 2.27. The van der Waals surface area contributed by atoms with Crippen LogP contribution >= 0.6 is 24.0 Å². The molecule has 0 unspecified atom stereocenters. The average molecular weight is 259 g/mol. The first-order valence-electron chi connectivity index (χ1n) is 5.09. The molecule has 1 aliphatic heterocycles. The molecule has 4 nitrogen and oxygen atoms in total. The molecule has 0 amide bonds. The first-order valence-corrected chi connectivity index (χ1v) is 5.47. The fraction of sp³-hybridized carbons (Fsp3) is 0.400. The lowest BCUT2D eigenvalue weighted by molar-refractivity contribution is 0.926. The van der Waals surface area contributed by atoms with Crippen LogP contribution in [0.15, 0.2) is 12.3 Å². The van der Waals surface area contributed by atoms with Crippen LogP contribution < -0.4 is 4.90 Å². The Morgan fingerprint density at radius 3 is 2.81 bits per heavy atom. The smallest absolute Gasteiger partial charge is 0.159 e. The zero-order valence-corrected chi connectivity index (χ0v) is 10.2. The van der Waals surface area contributed by atoms with Crippen LogP contribution in [-0.4, -0.2) is 28.3 Å². The molecule has 0 spiro atoms. The summed E-state index contributed by atoms with van der Waals surface area (Å²) in [5, 5.41) is 8.87. The monoisotopic (exact) mass is 258 g/mol. The van der Waals surface area contributed by atoms with Crippen LogP contribution in [0, 0.1) is 0 Å². The summed E-state index contributed by atoms with van der Waals surface area (Å²) in [5.74, 6) is 1.01. The van der Waals surface area contributed by atoms with E-state index >= 15 is 0 Å². The van der Waals surface area contributed by atoms with E-state index in [1.165, 1.54) is 12.8 Å². The van der Waals surface area contributed by atoms with E-state index in [1.807, 2.05) is 6.07 Å². The summed E-state index contributed by atoms with van der Waals surface area (Å²) in [6.07, 6.45) is 4.28. The molecular formula is C10H12Cl2N4. The number of anilines is 1. The Kier molecular flexibility index (Phi) is 3.21. The number of aromatic amines is 1. The average Bonchev–Trinajstić information content (AvgIpc) is 2.82. The largest absolute Gasteiger partial charge is 0.355 e. The molecule has 0 saturated carbocycles. The zero-order valence-electron chi connectivity index (χ0n) is 8.61. The van der Waals surface area contributed by atoms with Crippen molar-refractivity contribution >= 4 is 40.7 Å². The Bertz CT molecular complexity index is 491. The fourth-order valence-electron chi connectivity index (χ4n) is 2.04. The van der Waals surface area contributed by atoms with E-state index < -0.39 is 0 Å². The number of nitrogens with zero attached hydrogens (tertiary/aromatic N) is 3. The third-order valence-corrected chi connectivity index (χ3v) is 3.01. The van der Waals surface area contributed by atoms with Crippen LogP contribution in [0.4, 0.5) is 5.82 Å². The molecule has 1 aliphatic rings. The van der Waals surface area contributed by atoms with Crippen LogP contribution in [0.1, 0.15) is 12.8 Å². The van der Waals surface area contributed by atoms with Crippen LogP contribution in [0.3, 0.4) is 0 Å². The van der Waals surface area contributed by atoms with E-state index in [-0.39, 0.29) is 12.4 Å². The molecule has 0 radical (unpaired) electrons. The van der Waals surface area contributed by atoms with Gasteiger partial charge in [0, 0.05) is 25.4 Å². The molecular weight excluding hydrogens is 247 g/mol. The van der Waals surface area contributed by atoms with Crippen molar-refractivity contribution in [3.8, 4) is 0 Å². The van der Waals surface area contributed by atoms with Gasteiger partial charge in [0.15, 0.2) is 5.82 Å². The van der Waals surface area contributed by atoms with Gasteiger partial charge in [-0.2, -0.15) is 5.10 Å². The molecule has 16 heavy (non-hydrogen) atoms. The Morgan fingerprint density at radius 1 is 1.31 bits per heavy atom. The van der Waals surface area contributed by atoms with Gasteiger partial charge in [-0.3, -0.25) is 5.10 Å². The van der Waals surface area contributed by atoms with Crippen molar-refractivity contribution in [2.75, 3.05) is 18.0 Å². The van der Waals surface area contributed by atoms with Gasteiger partial charge in [-0.05, 0) is 12.8 Å². The lowest BCUT2D eigenvalue weighted by Crippen LogP contribution is -2.18. The molecule has 1 N–H and O–H groups in total. The molecule has 2 aromatic rings. The molecule has 2 aromatic heterocycles. The molecule has 3 rings (SSSR count).